The van der Waals surface area contributed by atoms with E-state index in [1.54, 1.807) is 12.1 Å². The maximum absolute atomic E-state index is 5.92. The summed E-state index contributed by atoms with van der Waals surface area (Å²) in [6.07, 6.45) is 0. The molecule has 1 heterocycles. The quantitative estimate of drug-likeness (QED) is 0.579. The lowest BCUT2D eigenvalue weighted by Gasteiger charge is -2.05. The van der Waals surface area contributed by atoms with Crippen molar-refractivity contribution in [1.82, 2.24) is 4.37 Å². The Hall–Kier alpha value is -1.40. The third kappa shape index (κ3) is 3.83. The van der Waals surface area contributed by atoms with Crippen LogP contribution in [0.1, 0.15) is 0 Å². The molecule has 7 heteroatoms. The molecule has 0 atom stereocenters. The van der Waals surface area contributed by atoms with E-state index in [2.05, 4.69) is 9.37 Å². The summed E-state index contributed by atoms with van der Waals surface area (Å²) in [5.41, 5.74) is 0.803. The monoisotopic (exact) mass is 354 g/mol. The molecule has 3 nitrogen and oxygen atoms in total. The van der Waals surface area contributed by atoms with Crippen molar-refractivity contribution in [3.05, 3.63) is 63.4 Å². The molecule has 0 unspecified atom stereocenters. The summed E-state index contributed by atoms with van der Waals surface area (Å²) in [4.78, 5) is 4.42. The van der Waals surface area contributed by atoms with Gasteiger partial charge in [0.05, 0.1) is 5.69 Å². The second-order valence-corrected chi connectivity index (χ2v) is 6.63. The summed E-state index contributed by atoms with van der Waals surface area (Å²) in [6, 6.07) is 14.6. The molecule has 0 bridgehead atoms. The van der Waals surface area contributed by atoms with Gasteiger partial charge in [0.2, 0.25) is 0 Å². The van der Waals surface area contributed by atoms with Crippen LogP contribution in [0.4, 0.5) is 5.69 Å². The highest BCUT2D eigenvalue weighted by atomic mass is 35.5. The summed E-state index contributed by atoms with van der Waals surface area (Å²) in [5.74, 6) is 1.46. The Morgan fingerprint density at radius 2 is 1.52 bits per heavy atom. The Labute approximate surface area is 138 Å². The van der Waals surface area contributed by atoms with Crippen molar-refractivity contribution in [3.8, 4) is 11.5 Å². The van der Waals surface area contributed by atoms with Crippen molar-refractivity contribution in [2.45, 2.75) is 0 Å². The van der Waals surface area contributed by atoms with E-state index in [-0.39, 0.29) is 0 Å². The molecule has 0 aliphatic rings. The predicted octanol–water partition coefficient (Wildman–Crippen LogP) is 5.54. The Kier molecular flexibility index (Phi) is 4.55. The second-order valence-electron chi connectivity index (χ2n) is 4.01. The van der Waals surface area contributed by atoms with Crippen molar-refractivity contribution in [2.24, 2.45) is 4.99 Å². The van der Waals surface area contributed by atoms with Crippen molar-refractivity contribution >= 4 is 49.8 Å². The van der Waals surface area contributed by atoms with Crippen LogP contribution in [-0.2, 0) is 0 Å². The second kappa shape index (κ2) is 6.58. The van der Waals surface area contributed by atoms with E-state index in [4.69, 9.17) is 27.9 Å². The summed E-state index contributed by atoms with van der Waals surface area (Å²) in [7, 11) is 2.76. The normalized spacial score (nSPS) is 11.6. The third-order valence-electron chi connectivity index (χ3n) is 2.53. The first-order valence-electron chi connectivity index (χ1n) is 5.90. The van der Waals surface area contributed by atoms with Gasteiger partial charge in [0.25, 0.3) is 0 Å². The van der Waals surface area contributed by atoms with Crippen LogP contribution in [0.5, 0.6) is 11.5 Å². The highest BCUT2D eigenvalue weighted by molar-refractivity contribution is 7.66. The van der Waals surface area contributed by atoms with Gasteiger partial charge in [0, 0.05) is 15.6 Å². The molecule has 3 rings (SSSR count). The van der Waals surface area contributed by atoms with Gasteiger partial charge in [-0.3, -0.25) is 0 Å². The molecule has 0 N–H and O–H groups in total. The lowest BCUT2D eigenvalue weighted by molar-refractivity contribution is 0.483. The topological polar surface area (TPSA) is 34.5 Å². The molecular formula is C14H8Cl2N2OS2. The lowest BCUT2D eigenvalue weighted by Crippen LogP contribution is -1.92. The third-order valence-corrected chi connectivity index (χ3v) is 4.95. The highest BCUT2D eigenvalue weighted by Crippen LogP contribution is 2.25. The van der Waals surface area contributed by atoms with E-state index < -0.39 is 0 Å². The maximum atomic E-state index is 5.92. The first-order chi connectivity index (χ1) is 10.2. The molecule has 0 aliphatic heterocycles. The minimum absolute atomic E-state index is 0.437. The summed E-state index contributed by atoms with van der Waals surface area (Å²) >= 11 is 11.8. The highest BCUT2D eigenvalue weighted by Gasteiger charge is 2.00. The van der Waals surface area contributed by atoms with Gasteiger partial charge in [-0.15, -0.1) is 0 Å². The van der Waals surface area contributed by atoms with E-state index >= 15 is 0 Å². The van der Waals surface area contributed by atoms with Gasteiger partial charge < -0.3 is 4.74 Å². The summed E-state index contributed by atoms with van der Waals surface area (Å²) in [6.45, 7) is 0. The van der Waals surface area contributed by atoms with Crippen LogP contribution in [0.3, 0.4) is 0 Å². The molecule has 0 saturated carbocycles. The van der Waals surface area contributed by atoms with Crippen molar-refractivity contribution < 1.29 is 4.74 Å². The van der Waals surface area contributed by atoms with Gasteiger partial charge in [-0.1, -0.05) is 23.2 Å². The zero-order valence-corrected chi connectivity index (χ0v) is 13.6. The average Bonchev–Trinajstić information content (AvgIpc) is 2.89. The largest absolute Gasteiger partial charge is 0.457 e. The van der Waals surface area contributed by atoms with E-state index in [9.17, 15) is 0 Å². The molecule has 3 aromatic rings. The number of hydrogen-bond acceptors (Lipinski definition) is 5. The van der Waals surface area contributed by atoms with E-state index in [1.807, 2.05) is 36.4 Å². The molecule has 0 spiro atoms. The van der Waals surface area contributed by atoms with Crippen LogP contribution in [-0.4, -0.2) is 4.37 Å². The number of aromatic nitrogens is 1. The van der Waals surface area contributed by atoms with Gasteiger partial charge in [-0.25, -0.2) is 4.99 Å². The molecule has 0 saturated heterocycles. The molecule has 0 amide bonds. The standard InChI is InChI=1S/C14H8Cl2N2OS2/c15-9-1-5-11(6-2-9)19-12-7-3-10(4-8-12)17-14-13(16)18-21-20-14/h1-8H/b17-14-. The van der Waals surface area contributed by atoms with Crippen LogP contribution >= 0.6 is 44.1 Å². The fraction of sp³-hybridized carbons (Fsp3) is 0. The molecule has 1 aromatic heterocycles. The molecule has 0 radical (unpaired) electrons. The Morgan fingerprint density at radius 1 is 0.905 bits per heavy atom. The van der Waals surface area contributed by atoms with Crippen LogP contribution in [0, 0.1) is 0 Å². The number of ether oxygens (including phenoxy) is 1. The van der Waals surface area contributed by atoms with Crippen LogP contribution in [0.2, 0.25) is 10.2 Å². The van der Waals surface area contributed by atoms with Gasteiger partial charge in [0.1, 0.15) is 11.5 Å². The van der Waals surface area contributed by atoms with Crippen molar-refractivity contribution in [3.63, 3.8) is 0 Å². The number of halogens is 2. The molecule has 106 valence electrons. The van der Waals surface area contributed by atoms with Crippen LogP contribution < -0.4 is 9.41 Å². The van der Waals surface area contributed by atoms with Gasteiger partial charge >= 0.3 is 0 Å². The van der Waals surface area contributed by atoms with Crippen molar-refractivity contribution in [1.29, 1.82) is 0 Å². The van der Waals surface area contributed by atoms with Crippen molar-refractivity contribution in [2.75, 3.05) is 0 Å². The van der Waals surface area contributed by atoms with Crippen LogP contribution in [0.25, 0.3) is 0 Å². The Morgan fingerprint density at radius 3 is 2.10 bits per heavy atom. The SMILES string of the molecule is Clc1ccc(Oc2ccc(/N=c3\ssnc3Cl)cc2)cc1. The van der Waals surface area contributed by atoms with E-state index in [1.165, 1.54) is 20.9 Å². The van der Waals surface area contributed by atoms with Crippen LogP contribution in [0.15, 0.2) is 53.5 Å². The molecule has 2 aromatic carbocycles. The molecular weight excluding hydrogens is 347 g/mol. The van der Waals surface area contributed by atoms with Gasteiger partial charge in [-0.2, -0.15) is 4.37 Å². The van der Waals surface area contributed by atoms with Gasteiger partial charge in [-0.05, 0) is 58.9 Å². The Balaban J connectivity index is 1.78. The number of benzene rings is 2. The first kappa shape index (κ1) is 14.5. The zero-order chi connectivity index (χ0) is 14.7. The minimum atomic E-state index is 0.437. The fourth-order valence-electron chi connectivity index (χ4n) is 1.57. The minimum Gasteiger partial charge on any atom is -0.457 e. The molecule has 0 aliphatic carbocycles. The first-order valence-corrected chi connectivity index (χ1v) is 8.77. The average molecular weight is 355 g/mol. The zero-order valence-electron chi connectivity index (χ0n) is 10.5. The van der Waals surface area contributed by atoms with Gasteiger partial charge in [0.15, 0.2) is 9.82 Å². The molecule has 21 heavy (non-hydrogen) atoms. The Bertz CT molecular complexity index is 795. The maximum Gasteiger partial charge on any atom is 0.179 e. The number of rotatable bonds is 3. The number of nitrogens with zero attached hydrogens (tertiary/aromatic N) is 2. The lowest BCUT2D eigenvalue weighted by atomic mass is 10.3. The fourth-order valence-corrected chi connectivity index (χ4v) is 3.69. The predicted molar refractivity (Wildman–Crippen MR) is 88.2 cm³/mol. The summed E-state index contributed by atoms with van der Waals surface area (Å²) in [5, 5.41) is 1.12. The smallest absolute Gasteiger partial charge is 0.179 e. The van der Waals surface area contributed by atoms with E-state index in [0.717, 1.165) is 17.2 Å². The van der Waals surface area contributed by atoms with E-state index in [0.29, 0.717) is 14.8 Å². The molecule has 0 fully saturated rings. The summed E-state index contributed by atoms with van der Waals surface area (Å²) < 4.78 is 10.4. The number of hydrogen-bond donors (Lipinski definition) is 0.